The predicted octanol–water partition coefficient (Wildman–Crippen LogP) is 4.96. The molecule has 3 heteroatoms. The van der Waals surface area contributed by atoms with Crippen molar-refractivity contribution in [3.63, 3.8) is 0 Å². The van der Waals surface area contributed by atoms with Gasteiger partial charge in [-0.1, -0.05) is 71.1 Å². The van der Waals surface area contributed by atoms with Gasteiger partial charge in [-0.2, -0.15) is 0 Å². The van der Waals surface area contributed by atoms with Crippen molar-refractivity contribution < 1.29 is 5.11 Å². The third-order valence-corrected chi connectivity index (χ3v) is 2.89. The Labute approximate surface area is 172 Å². The molecule has 1 aliphatic rings. The second-order valence-electron chi connectivity index (χ2n) is 8.25. The van der Waals surface area contributed by atoms with E-state index in [1.807, 2.05) is 13.8 Å². The fraction of sp³-hybridized carbons (Fsp3) is 0.600. The van der Waals surface area contributed by atoms with E-state index in [-0.39, 0.29) is 0 Å². The van der Waals surface area contributed by atoms with Crippen LogP contribution in [0.5, 0.6) is 0 Å². The Morgan fingerprint density at radius 1 is 0.893 bits per heavy atom. The van der Waals surface area contributed by atoms with E-state index in [0.29, 0.717) is 17.8 Å². The zero-order valence-electron chi connectivity index (χ0n) is 18.8. The van der Waals surface area contributed by atoms with Gasteiger partial charge in [0.1, 0.15) is 11.9 Å². The maximum Gasteiger partial charge on any atom is 0.119 e. The van der Waals surface area contributed by atoms with Gasteiger partial charge in [-0.05, 0) is 26.7 Å². The van der Waals surface area contributed by atoms with Crippen molar-refractivity contribution in [2.75, 3.05) is 0 Å². The normalized spacial score (nSPS) is 12.1. The SMILES string of the molecule is CC(C)C#CC(C)(C)O.CC(C)C#CC1CC1.CC(C)C#Cc1cncnc1. The van der Waals surface area contributed by atoms with Gasteiger partial charge in [-0.3, -0.25) is 0 Å². The molecule has 1 saturated carbocycles. The summed E-state index contributed by atoms with van der Waals surface area (Å²) < 4.78 is 0. The van der Waals surface area contributed by atoms with E-state index in [0.717, 1.165) is 11.5 Å². The molecule has 0 bridgehead atoms. The molecule has 0 atom stereocenters. The number of nitrogens with zero attached hydrogens (tertiary/aromatic N) is 2. The molecule has 3 nitrogen and oxygen atoms in total. The summed E-state index contributed by atoms with van der Waals surface area (Å²) in [5, 5.41) is 9.09. The van der Waals surface area contributed by atoms with E-state index < -0.39 is 5.60 Å². The van der Waals surface area contributed by atoms with Gasteiger partial charge >= 0.3 is 0 Å². The van der Waals surface area contributed by atoms with Gasteiger partial charge in [0.25, 0.3) is 0 Å². The fourth-order valence-corrected chi connectivity index (χ4v) is 1.42. The van der Waals surface area contributed by atoms with Crippen LogP contribution in [-0.4, -0.2) is 20.7 Å². The molecule has 28 heavy (non-hydrogen) atoms. The van der Waals surface area contributed by atoms with Crippen LogP contribution in [0.2, 0.25) is 0 Å². The molecule has 1 heterocycles. The molecule has 0 aromatic carbocycles. The second-order valence-corrected chi connectivity index (χ2v) is 8.25. The minimum Gasteiger partial charge on any atom is -0.378 e. The third-order valence-electron chi connectivity index (χ3n) is 2.89. The molecule has 2 rings (SSSR count). The van der Waals surface area contributed by atoms with Crippen LogP contribution in [0.15, 0.2) is 18.7 Å². The summed E-state index contributed by atoms with van der Waals surface area (Å²) in [4.78, 5) is 7.70. The Hall–Kier alpha value is -2.28. The van der Waals surface area contributed by atoms with Gasteiger partial charge < -0.3 is 5.11 Å². The Kier molecular flexibility index (Phi) is 12.7. The summed E-state index contributed by atoms with van der Waals surface area (Å²) in [6.07, 6.45) is 7.62. The van der Waals surface area contributed by atoms with Crippen LogP contribution in [0.1, 0.15) is 73.8 Å². The zero-order valence-corrected chi connectivity index (χ0v) is 18.8. The van der Waals surface area contributed by atoms with Crippen LogP contribution in [0.3, 0.4) is 0 Å². The van der Waals surface area contributed by atoms with E-state index in [1.54, 1.807) is 26.2 Å². The summed E-state index contributed by atoms with van der Waals surface area (Å²) in [6.45, 7) is 15.7. The van der Waals surface area contributed by atoms with Crippen LogP contribution < -0.4 is 0 Å². The highest BCUT2D eigenvalue weighted by molar-refractivity contribution is 5.29. The van der Waals surface area contributed by atoms with Crippen molar-refractivity contribution in [2.24, 2.45) is 23.7 Å². The fourth-order valence-electron chi connectivity index (χ4n) is 1.42. The third kappa shape index (κ3) is 20.0. The largest absolute Gasteiger partial charge is 0.378 e. The van der Waals surface area contributed by atoms with Crippen molar-refractivity contribution in [1.29, 1.82) is 0 Å². The first-order chi connectivity index (χ1) is 13.0. The van der Waals surface area contributed by atoms with Gasteiger partial charge in [0.05, 0.1) is 5.56 Å². The van der Waals surface area contributed by atoms with Gasteiger partial charge in [-0.15, -0.1) is 5.92 Å². The Bertz CT molecular complexity index is 714. The van der Waals surface area contributed by atoms with Crippen molar-refractivity contribution >= 4 is 0 Å². The van der Waals surface area contributed by atoms with Gasteiger partial charge in [0.15, 0.2) is 0 Å². The number of hydrogen-bond acceptors (Lipinski definition) is 3. The molecule has 0 saturated heterocycles. The average Bonchev–Trinajstić information content (AvgIpc) is 3.42. The standard InChI is InChI=1S/C9H10N2.C8H14O.C8H12/c1-8(2)3-4-9-5-10-7-11-6-9;1-7(2)5-6-8(3,4)9;1-7(2)3-4-8-5-6-8/h5-8H,1-2H3;7,9H,1-4H3;7-8H,5-6H2,1-2H3. The molecule has 0 spiro atoms. The predicted molar refractivity (Wildman–Crippen MR) is 118 cm³/mol. The lowest BCUT2D eigenvalue weighted by molar-refractivity contribution is 0.143. The van der Waals surface area contributed by atoms with Crippen molar-refractivity contribution in [3.8, 4) is 35.5 Å². The first-order valence-electron chi connectivity index (χ1n) is 10.0. The van der Waals surface area contributed by atoms with Crippen molar-refractivity contribution in [1.82, 2.24) is 9.97 Å². The highest BCUT2D eigenvalue weighted by Crippen LogP contribution is 2.27. The molecule has 1 N–H and O–H groups in total. The maximum absolute atomic E-state index is 9.09. The lowest BCUT2D eigenvalue weighted by Crippen LogP contribution is -2.14. The van der Waals surface area contributed by atoms with Crippen molar-refractivity contribution in [3.05, 3.63) is 24.3 Å². The summed E-state index contributed by atoms with van der Waals surface area (Å²) in [6, 6.07) is 0. The molecule has 152 valence electrons. The lowest BCUT2D eigenvalue weighted by atomic mass is 10.1. The van der Waals surface area contributed by atoms with E-state index in [9.17, 15) is 0 Å². The topological polar surface area (TPSA) is 46.0 Å². The second kappa shape index (κ2) is 13.8. The minimum absolute atomic E-state index is 0.344. The number of aromatic nitrogens is 2. The molecular weight excluding hydrogens is 344 g/mol. The summed E-state index contributed by atoms with van der Waals surface area (Å²) in [5.74, 6) is 20.1. The quantitative estimate of drug-likeness (QED) is 0.647. The van der Waals surface area contributed by atoms with E-state index in [1.165, 1.54) is 19.2 Å². The molecule has 0 amide bonds. The smallest absolute Gasteiger partial charge is 0.119 e. The molecule has 0 unspecified atom stereocenters. The lowest BCUT2D eigenvalue weighted by Gasteiger charge is -2.06. The minimum atomic E-state index is -0.829. The molecular formula is C25H36N2O. The van der Waals surface area contributed by atoms with Crippen LogP contribution >= 0.6 is 0 Å². The van der Waals surface area contributed by atoms with Crippen LogP contribution in [0.4, 0.5) is 0 Å². The first-order valence-corrected chi connectivity index (χ1v) is 10.0. The molecule has 1 aliphatic carbocycles. The number of aliphatic hydroxyl groups is 1. The van der Waals surface area contributed by atoms with Crippen molar-refractivity contribution in [2.45, 2.75) is 73.8 Å². The molecule has 0 radical (unpaired) electrons. The van der Waals surface area contributed by atoms with E-state index in [2.05, 4.69) is 73.2 Å². The molecule has 1 fully saturated rings. The monoisotopic (exact) mass is 380 g/mol. The van der Waals surface area contributed by atoms with Gasteiger partial charge in [0.2, 0.25) is 0 Å². The Morgan fingerprint density at radius 2 is 1.39 bits per heavy atom. The summed E-state index contributed by atoms with van der Waals surface area (Å²) >= 11 is 0. The first kappa shape index (κ1) is 25.7. The van der Waals surface area contributed by atoms with Crippen LogP contribution in [0, 0.1) is 59.2 Å². The Balaban J connectivity index is 0.000000396. The summed E-state index contributed by atoms with van der Waals surface area (Å²) in [5.41, 5.74) is 0.0470. The summed E-state index contributed by atoms with van der Waals surface area (Å²) in [7, 11) is 0. The molecule has 0 aliphatic heterocycles. The van der Waals surface area contributed by atoms with Gasteiger partial charge in [-0.25, -0.2) is 9.97 Å². The zero-order chi connectivity index (χ0) is 21.6. The highest BCUT2D eigenvalue weighted by atomic mass is 16.3. The average molecular weight is 381 g/mol. The number of rotatable bonds is 0. The van der Waals surface area contributed by atoms with E-state index in [4.69, 9.17) is 5.11 Å². The van der Waals surface area contributed by atoms with E-state index >= 15 is 0 Å². The molecule has 1 aromatic heterocycles. The maximum atomic E-state index is 9.09. The Morgan fingerprint density at radius 3 is 1.75 bits per heavy atom. The van der Waals surface area contributed by atoms with Crippen LogP contribution in [-0.2, 0) is 0 Å². The van der Waals surface area contributed by atoms with Gasteiger partial charge in [0, 0.05) is 36.1 Å². The van der Waals surface area contributed by atoms with Crippen LogP contribution in [0.25, 0.3) is 0 Å². The highest BCUT2D eigenvalue weighted by Gasteiger charge is 2.17. The molecule has 1 aromatic rings. The number of hydrogen-bond donors (Lipinski definition) is 1.